The number of rotatable bonds is 27. The summed E-state index contributed by atoms with van der Waals surface area (Å²) < 4.78 is 0. The number of carbonyl (C=O) groups is 6. The van der Waals surface area contributed by atoms with Crippen LogP contribution in [0.2, 0.25) is 0 Å². The first-order valence-corrected chi connectivity index (χ1v) is 23.5. The highest BCUT2D eigenvalue weighted by atomic mass is 16.3. The quantitative estimate of drug-likeness (QED) is 0.0362. The number of amides is 6. The van der Waals surface area contributed by atoms with Gasteiger partial charge in [-0.15, -0.1) is 0 Å². The van der Waals surface area contributed by atoms with Gasteiger partial charge in [0.15, 0.2) is 0 Å². The van der Waals surface area contributed by atoms with E-state index in [1.807, 2.05) is 0 Å². The van der Waals surface area contributed by atoms with Crippen LogP contribution >= 0.6 is 0 Å². The Morgan fingerprint density at radius 3 is 0.929 bits per heavy atom. The summed E-state index contributed by atoms with van der Waals surface area (Å²) in [6.07, 6.45) is -3.43. The summed E-state index contributed by atoms with van der Waals surface area (Å²) in [5.41, 5.74) is 14.3. The fraction of sp³-hybridized carbons (Fsp3) is 0.423. The molecule has 4 rings (SSSR count). The first-order chi connectivity index (χ1) is 33.4. The molecule has 0 aliphatic heterocycles. The number of aliphatic hydroxyl groups is 4. The number of carbonyl (C=O) groups excluding carboxylic acids is 6. The van der Waals surface area contributed by atoms with Crippen molar-refractivity contribution >= 4 is 35.4 Å². The zero-order valence-electron chi connectivity index (χ0n) is 40.1. The maximum Gasteiger partial charge on any atom is 0.243 e. The van der Waals surface area contributed by atoms with Crippen molar-refractivity contribution < 1.29 is 49.2 Å². The van der Waals surface area contributed by atoms with Crippen LogP contribution in [0.1, 0.15) is 49.9 Å². The van der Waals surface area contributed by atoms with Crippen molar-refractivity contribution in [3.63, 3.8) is 0 Å². The minimum absolute atomic E-state index is 0.000444. The predicted octanol–water partition coefficient (Wildman–Crippen LogP) is -0.461. The Hall–Kier alpha value is -6.54. The van der Waals surface area contributed by atoms with Gasteiger partial charge >= 0.3 is 0 Å². The van der Waals surface area contributed by atoms with E-state index >= 15 is 0 Å². The lowest BCUT2D eigenvalue weighted by atomic mass is 9.90. The fourth-order valence-corrected chi connectivity index (χ4v) is 7.69. The van der Waals surface area contributed by atoms with Gasteiger partial charge in [0.1, 0.15) is 48.5 Å². The van der Waals surface area contributed by atoms with E-state index in [2.05, 4.69) is 31.9 Å². The molecule has 70 heavy (non-hydrogen) atoms. The van der Waals surface area contributed by atoms with E-state index in [0.717, 1.165) is 0 Å². The monoisotopic (exact) mass is 967 g/mol. The molecule has 6 amide bonds. The molecule has 18 nitrogen and oxygen atoms in total. The van der Waals surface area contributed by atoms with E-state index < -0.39 is 121 Å². The van der Waals surface area contributed by atoms with Crippen LogP contribution in [0, 0.1) is 11.8 Å². The van der Waals surface area contributed by atoms with Gasteiger partial charge in [0, 0.05) is 12.8 Å². The highest BCUT2D eigenvalue weighted by Gasteiger charge is 2.39. The third-order valence-corrected chi connectivity index (χ3v) is 11.8. The average Bonchev–Trinajstić information content (AvgIpc) is 3.36. The van der Waals surface area contributed by atoms with E-state index in [1.54, 1.807) is 149 Å². The first-order valence-electron chi connectivity index (χ1n) is 23.5. The van der Waals surface area contributed by atoms with Gasteiger partial charge in [0.2, 0.25) is 35.4 Å². The lowest BCUT2D eigenvalue weighted by Gasteiger charge is -2.35. The Bertz CT molecular complexity index is 2100. The van der Waals surface area contributed by atoms with E-state index in [4.69, 9.17) is 11.5 Å². The molecule has 10 atom stereocenters. The SMILES string of the molecule is CC(C)[C@H](NC(=O)[C@H](Cc1ccccc1)NC(=O)[C@@H](N)CO)C(=O)N[C@@H](Cc1ccccc1)[C@H](O)[C@@H](O)[C@H](Cc1ccccc1)NC(=O)[C@@H](NC(=O)[C@H](Cc1ccccc1)NC(=O)[C@@H](N)CO)C(C)C. The van der Waals surface area contributed by atoms with Crippen molar-refractivity contribution in [3.8, 4) is 0 Å². The molecule has 4 aromatic carbocycles. The molecule has 4 aromatic rings. The molecule has 0 aliphatic carbocycles. The van der Waals surface area contributed by atoms with Crippen LogP contribution in [0.25, 0.3) is 0 Å². The zero-order valence-corrected chi connectivity index (χ0v) is 40.1. The second kappa shape index (κ2) is 28.2. The summed E-state index contributed by atoms with van der Waals surface area (Å²) in [7, 11) is 0. The molecule has 0 aromatic heterocycles. The van der Waals surface area contributed by atoms with Crippen molar-refractivity contribution in [2.75, 3.05) is 13.2 Å². The summed E-state index contributed by atoms with van der Waals surface area (Å²) in [4.78, 5) is 82.4. The molecular weight excluding hydrogens is 897 g/mol. The lowest BCUT2D eigenvalue weighted by molar-refractivity contribution is -0.135. The van der Waals surface area contributed by atoms with Crippen molar-refractivity contribution in [1.29, 1.82) is 0 Å². The second-order valence-corrected chi connectivity index (χ2v) is 18.1. The van der Waals surface area contributed by atoms with Crippen LogP contribution in [0.15, 0.2) is 121 Å². The van der Waals surface area contributed by atoms with Gasteiger partial charge in [-0.05, 0) is 46.9 Å². The Morgan fingerprint density at radius 1 is 0.400 bits per heavy atom. The smallest absolute Gasteiger partial charge is 0.243 e. The van der Waals surface area contributed by atoms with Crippen LogP contribution in [0.5, 0.6) is 0 Å². The predicted molar refractivity (Wildman–Crippen MR) is 264 cm³/mol. The van der Waals surface area contributed by atoms with Gasteiger partial charge in [0.25, 0.3) is 0 Å². The Labute approximate surface area is 409 Å². The Balaban J connectivity index is 1.63. The molecule has 0 radical (unpaired) electrons. The number of benzene rings is 4. The molecule has 0 spiro atoms. The molecule has 0 saturated heterocycles. The molecule has 378 valence electrons. The summed E-state index contributed by atoms with van der Waals surface area (Å²) >= 11 is 0. The molecule has 14 N–H and O–H groups in total. The molecule has 0 saturated carbocycles. The first kappa shape index (κ1) is 56.1. The summed E-state index contributed by atoms with van der Waals surface area (Å²) in [6.45, 7) is 5.47. The van der Waals surface area contributed by atoms with Gasteiger partial charge in [0.05, 0.1) is 25.3 Å². The van der Waals surface area contributed by atoms with Gasteiger partial charge in [-0.2, -0.15) is 0 Å². The minimum Gasteiger partial charge on any atom is -0.394 e. The number of nitrogens with two attached hydrogens (primary N) is 2. The Morgan fingerprint density at radius 2 is 0.671 bits per heavy atom. The second-order valence-electron chi connectivity index (χ2n) is 18.1. The third kappa shape index (κ3) is 17.5. The zero-order chi connectivity index (χ0) is 51.3. The molecule has 0 fully saturated rings. The maximum atomic E-state index is 14.4. The Kier molecular flexibility index (Phi) is 22.6. The van der Waals surface area contributed by atoms with Crippen LogP contribution in [-0.2, 0) is 54.5 Å². The standard InChI is InChI=1S/C52H70N8O10/c1-31(2)43(59-49(67)41(57-47(65)37(53)29-61)27-35-21-13-7-14-22-35)51(69)55-39(25-33-17-9-5-10-18-33)45(63)46(64)40(26-34-19-11-6-12-20-34)56-52(70)44(32(3)4)60-50(68)42(58-48(66)38(54)30-62)28-36-23-15-8-16-24-36/h5-24,31-32,37-46,61-64H,25-30,53-54H2,1-4H3,(H,55,69)(H,56,70)(H,57,65)(H,58,66)(H,59,67)(H,60,68)/t37-,38-,39-,40-,41-,42-,43-,44-,45-,46-/m0/s1. The van der Waals surface area contributed by atoms with Crippen molar-refractivity contribution in [2.24, 2.45) is 23.3 Å². The topological polar surface area (TPSA) is 308 Å². The van der Waals surface area contributed by atoms with Crippen LogP contribution in [0.3, 0.4) is 0 Å². The highest BCUT2D eigenvalue weighted by molar-refractivity contribution is 5.94. The van der Waals surface area contributed by atoms with Gasteiger partial charge in [-0.3, -0.25) is 28.8 Å². The average molecular weight is 967 g/mol. The summed E-state index contributed by atoms with van der Waals surface area (Å²) in [5.74, 6) is -5.46. The lowest BCUT2D eigenvalue weighted by Crippen LogP contribution is -2.63. The number of aliphatic hydroxyl groups excluding tert-OH is 4. The van der Waals surface area contributed by atoms with Crippen LogP contribution in [0.4, 0.5) is 0 Å². The van der Waals surface area contributed by atoms with Crippen molar-refractivity contribution in [2.45, 2.75) is 114 Å². The third-order valence-electron chi connectivity index (χ3n) is 11.8. The molecular formula is C52H70N8O10. The maximum absolute atomic E-state index is 14.4. The molecule has 18 heteroatoms. The van der Waals surface area contributed by atoms with Gasteiger partial charge in [-0.25, -0.2) is 0 Å². The molecule has 0 aliphatic rings. The van der Waals surface area contributed by atoms with E-state index in [9.17, 15) is 49.2 Å². The normalized spacial score (nSPS) is 15.7. The number of nitrogens with one attached hydrogen (secondary N) is 6. The van der Waals surface area contributed by atoms with Gasteiger partial charge < -0.3 is 63.8 Å². The highest BCUT2D eigenvalue weighted by Crippen LogP contribution is 2.18. The van der Waals surface area contributed by atoms with E-state index in [0.29, 0.717) is 22.3 Å². The fourth-order valence-electron chi connectivity index (χ4n) is 7.69. The molecule has 0 unspecified atom stereocenters. The largest absolute Gasteiger partial charge is 0.394 e. The summed E-state index contributed by atoms with van der Waals surface area (Å²) in [5, 5.41) is 59.8. The molecule has 0 heterocycles. The van der Waals surface area contributed by atoms with Gasteiger partial charge in [-0.1, -0.05) is 149 Å². The number of hydrogen-bond acceptors (Lipinski definition) is 12. The van der Waals surface area contributed by atoms with Crippen LogP contribution < -0.4 is 43.4 Å². The minimum atomic E-state index is -1.75. The van der Waals surface area contributed by atoms with E-state index in [1.165, 1.54) is 0 Å². The summed E-state index contributed by atoms with van der Waals surface area (Å²) in [6, 6.07) is 25.6. The number of hydrogen-bond donors (Lipinski definition) is 12. The van der Waals surface area contributed by atoms with Crippen molar-refractivity contribution in [1.82, 2.24) is 31.9 Å². The molecule has 0 bridgehead atoms. The van der Waals surface area contributed by atoms with Crippen molar-refractivity contribution in [3.05, 3.63) is 144 Å². The van der Waals surface area contributed by atoms with E-state index in [-0.39, 0.29) is 25.7 Å². The van der Waals surface area contributed by atoms with Crippen LogP contribution in [-0.4, -0.2) is 130 Å².